The molecule has 262 valence electrons. The molecule has 3 aliphatic rings. The zero-order valence-electron chi connectivity index (χ0n) is 23.6. The summed E-state index contributed by atoms with van der Waals surface area (Å²) in [6.07, 6.45) is 0. The van der Waals surface area contributed by atoms with Crippen molar-refractivity contribution in [3.8, 4) is 0 Å². The summed E-state index contributed by atoms with van der Waals surface area (Å²) in [4.78, 5) is 19.6. The number of hydrogen-bond donors (Lipinski definition) is 8. The lowest BCUT2D eigenvalue weighted by atomic mass is 10.1. The number of aliphatic imine (C=N–C) groups is 6. The second-order valence-electron chi connectivity index (χ2n) is 9.77. The maximum atomic E-state index is 12.3. The Balaban J connectivity index is 1.76. The molecule has 0 unspecified atom stereocenters. The van der Waals surface area contributed by atoms with Crippen LogP contribution in [0.25, 0.3) is 10.8 Å². The third-order valence-electron chi connectivity index (χ3n) is 6.42. The topological polar surface area (TPSA) is 340 Å². The van der Waals surface area contributed by atoms with E-state index < -0.39 is 106 Å². The van der Waals surface area contributed by atoms with Crippen molar-refractivity contribution in [2.24, 2.45) is 30.0 Å². The van der Waals surface area contributed by atoms with E-state index in [0.29, 0.717) is 12.1 Å². The van der Waals surface area contributed by atoms with Crippen LogP contribution in [0.5, 0.6) is 0 Å². The van der Waals surface area contributed by atoms with Crippen LogP contribution in [0, 0.1) is 0 Å². The third-order valence-corrected chi connectivity index (χ3v) is 10.2. The van der Waals surface area contributed by atoms with Gasteiger partial charge >= 0.3 is 0 Å². The number of benzene rings is 3. The van der Waals surface area contributed by atoms with Crippen molar-refractivity contribution in [1.82, 2.24) is 10.6 Å². The van der Waals surface area contributed by atoms with Crippen LogP contribution in [0.4, 0.5) is 22.7 Å². The molecule has 8 N–H and O–H groups in total. The van der Waals surface area contributed by atoms with Gasteiger partial charge in [0.1, 0.15) is 9.79 Å². The van der Waals surface area contributed by atoms with E-state index in [1.54, 1.807) is 0 Å². The van der Waals surface area contributed by atoms with Gasteiger partial charge in [-0.25, -0.2) is 9.98 Å². The highest BCUT2D eigenvalue weighted by Crippen LogP contribution is 2.38. The number of amidine groups is 2. The zero-order chi connectivity index (χ0) is 36.6. The molecule has 3 heterocycles. The molecular formula is C22H14Cl2N10O12S4. The Hall–Kier alpha value is -4.64. The first-order chi connectivity index (χ1) is 23.0. The standard InChI is InChI=1S/C22H14Cl2N10O12S4/c23-17-29-19-25-11-4-8(48(38,39)40)2-10-9(11)1-7(47(35,36)37)3-12(10)26-20-30-18(24)32-22(34-20)28-14-5-13(27-21(31-17)33-19)15(49(41,42)43)6-16(14)50(44,45)46/h1-6H,(H,35,36,37)(H,38,39,40)(H,41,42,43)(H,44,45,46)(H2,25,27,29,31,33)(H2,26,28,30,32,34). The van der Waals surface area contributed by atoms with Crippen LogP contribution in [-0.4, -0.2) is 86.3 Å². The maximum Gasteiger partial charge on any atom is 0.296 e. The predicted octanol–water partition coefficient (Wildman–Crippen LogP) is 1.45. The lowest BCUT2D eigenvalue weighted by Crippen LogP contribution is -2.37. The summed E-state index contributed by atoms with van der Waals surface area (Å²) in [6, 6.07) is 4.55. The van der Waals surface area contributed by atoms with E-state index in [0.717, 1.165) is 24.3 Å². The Morgan fingerprint density at radius 2 is 0.840 bits per heavy atom. The van der Waals surface area contributed by atoms with Crippen LogP contribution in [0.1, 0.15) is 0 Å². The van der Waals surface area contributed by atoms with Crippen molar-refractivity contribution in [2.45, 2.75) is 19.6 Å². The summed E-state index contributed by atoms with van der Waals surface area (Å²) in [5, 5.41) is 8.83. The first-order valence-corrected chi connectivity index (χ1v) is 19.2. The lowest BCUT2D eigenvalue weighted by molar-refractivity contribution is 0.478. The van der Waals surface area contributed by atoms with Crippen LogP contribution < -0.4 is 21.3 Å². The molecule has 0 amide bonds. The molecule has 0 aliphatic carbocycles. The molecule has 0 saturated heterocycles. The molecule has 22 nitrogen and oxygen atoms in total. The summed E-state index contributed by atoms with van der Waals surface area (Å²) >= 11 is 12.2. The molecule has 0 fully saturated rings. The summed E-state index contributed by atoms with van der Waals surface area (Å²) in [6.45, 7) is 0. The van der Waals surface area contributed by atoms with Gasteiger partial charge in [-0.15, -0.1) is 0 Å². The van der Waals surface area contributed by atoms with E-state index in [1.165, 1.54) is 0 Å². The summed E-state index contributed by atoms with van der Waals surface area (Å²) in [7, 11) is -20.6. The fourth-order valence-electron chi connectivity index (χ4n) is 4.46. The second kappa shape index (κ2) is 12.0. The molecule has 3 aliphatic heterocycles. The first-order valence-electron chi connectivity index (χ1n) is 12.7. The number of anilines is 2. The van der Waals surface area contributed by atoms with Gasteiger partial charge in [0.25, 0.3) is 52.4 Å². The minimum absolute atomic E-state index is 0.149. The van der Waals surface area contributed by atoms with Crippen LogP contribution in [0.3, 0.4) is 0 Å². The SMILES string of the molecule is O=S(=O)(O)c1cc2c3cc(S(=O)(=O)O)cc(c3c1)NC1=NC(=Nc3cc(c(S(=O)(=O)O)cc3S(=O)(=O)O)N=C3N=C(Cl)NC(=N3)N2)N=C(Cl)N1. The molecular weight excluding hydrogens is 795 g/mol. The molecule has 28 heteroatoms. The summed E-state index contributed by atoms with van der Waals surface area (Å²) in [5.74, 6) is -2.25. The zero-order valence-corrected chi connectivity index (χ0v) is 28.4. The number of halogens is 2. The Bertz CT molecular complexity index is 2550. The van der Waals surface area contributed by atoms with Crippen molar-refractivity contribution in [2.75, 3.05) is 10.6 Å². The Labute approximate surface area is 289 Å². The number of nitrogens with zero attached hydrogens (tertiary/aromatic N) is 6. The van der Waals surface area contributed by atoms with Gasteiger partial charge in [-0.2, -0.15) is 53.6 Å². The molecule has 0 saturated carbocycles. The van der Waals surface area contributed by atoms with E-state index in [9.17, 15) is 51.9 Å². The predicted molar refractivity (Wildman–Crippen MR) is 179 cm³/mol. The van der Waals surface area contributed by atoms with Gasteiger partial charge in [-0.3, -0.25) is 18.2 Å². The van der Waals surface area contributed by atoms with Gasteiger partial charge in [0.2, 0.25) is 22.5 Å². The maximum absolute atomic E-state index is 12.3. The van der Waals surface area contributed by atoms with E-state index in [-0.39, 0.29) is 22.1 Å². The Morgan fingerprint density at radius 3 is 1.18 bits per heavy atom. The van der Waals surface area contributed by atoms with Crippen LogP contribution >= 0.6 is 23.2 Å². The molecule has 6 rings (SSSR count). The van der Waals surface area contributed by atoms with Gasteiger partial charge in [-0.1, -0.05) is 0 Å². The quantitative estimate of drug-likeness (QED) is 0.137. The van der Waals surface area contributed by atoms with Crippen molar-refractivity contribution in [1.29, 1.82) is 0 Å². The van der Waals surface area contributed by atoms with Crippen molar-refractivity contribution < 1.29 is 51.9 Å². The monoisotopic (exact) mass is 808 g/mol. The van der Waals surface area contributed by atoms with E-state index in [2.05, 4.69) is 51.2 Å². The average Bonchev–Trinajstić information content (AvgIpc) is 2.94. The van der Waals surface area contributed by atoms with E-state index in [4.69, 9.17) is 23.2 Å². The van der Waals surface area contributed by atoms with Crippen LogP contribution in [0.15, 0.2) is 85.9 Å². The molecule has 50 heavy (non-hydrogen) atoms. The molecule has 10 bridgehead atoms. The van der Waals surface area contributed by atoms with Crippen LogP contribution in [0.2, 0.25) is 0 Å². The highest BCUT2D eigenvalue weighted by Gasteiger charge is 2.28. The van der Waals surface area contributed by atoms with Gasteiger partial charge in [0.05, 0.1) is 32.5 Å². The van der Waals surface area contributed by atoms with Gasteiger partial charge in [-0.05, 0) is 59.6 Å². The lowest BCUT2D eigenvalue weighted by Gasteiger charge is -2.20. The normalized spacial score (nSPS) is 16.6. The number of fused-ring (bicyclic) bond motifs is 4. The van der Waals surface area contributed by atoms with Gasteiger partial charge < -0.3 is 21.3 Å². The van der Waals surface area contributed by atoms with Gasteiger partial charge in [0, 0.05) is 10.8 Å². The first kappa shape index (κ1) is 35.2. The van der Waals surface area contributed by atoms with E-state index >= 15 is 0 Å². The number of guanidine groups is 4. The van der Waals surface area contributed by atoms with Crippen molar-refractivity contribution >= 4 is 132 Å². The summed E-state index contributed by atoms with van der Waals surface area (Å²) in [5.41, 5.74) is -2.13. The van der Waals surface area contributed by atoms with Crippen molar-refractivity contribution in [3.63, 3.8) is 0 Å². The Kier molecular flexibility index (Phi) is 8.45. The van der Waals surface area contributed by atoms with Crippen LogP contribution in [-0.2, 0) is 40.5 Å². The largest absolute Gasteiger partial charge is 0.325 e. The number of nitrogens with one attached hydrogen (secondary N) is 4. The minimum atomic E-state index is -5.30. The number of hydrogen-bond acceptors (Lipinski definition) is 18. The minimum Gasteiger partial charge on any atom is -0.325 e. The fourth-order valence-corrected chi connectivity index (χ4v) is 7.21. The highest BCUT2D eigenvalue weighted by molar-refractivity contribution is 7.87. The molecule has 3 aromatic carbocycles. The molecule has 0 spiro atoms. The average molecular weight is 810 g/mol. The molecule has 3 aromatic rings. The van der Waals surface area contributed by atoms with Gasteiger partial charge in [0.15, 0.2) is 0 Å². The number of rotatable bonds is 4. The second-order valence-corrected chi connectivity index (χ2v) is 16.1. The molecule has 0 atom stereocenters. The molecule has 0 radical (unpaired) electrons. The third kappa shape index (κ3) is 7.28. The highest BCUT2D eigenvalue weighted by atomic mass is 35.5. The van der Waals surface area contributed by atoms with Crippen molar-refractivity contribution in [3.05, 3.63) is 36.4 Å². The smallest absolute Gasteiger partial charge is 0.296 e. The molecule has 0 aromatic heterocycles. The fraction of sp³-hybridized carbons (Fsp3) is 0. The van der Waals surface area contributed by atoms with E-state index in [1.807, 2.05) is 0 Å². The Morgan fingerprint density at radius 1 is 0.460 bits per heavy atom. The summed E-state index contributed by atoms with van der Waals surface area (Å²) < 4.78 is 138.